The van der Waals surface area contributed by atoms with Crippen LogP contribution in [0.4, 0.5) is 5.69 Å². The number of aromatic nitrogens is 2. The fraction of sp³-hybridized carbons (Fsp3) is 0.267. The van der Waals surface area contributed by atoms with Crippen molar-refractivity contribution in [1.82, 2.24) is 19.2 Å². The molecule has 1 amide bonds. The van der Waals surface area contributed by atoms with Gasteiger partial charge in [0.05, 0.1) is 24.0 Å². The number of hydrogen-bond donors (Lipinski definition) is 1. The first-order valence-corrected chi connectivity index (χ1v) is 12.8. The lowest BCUT2D eigenvalue weighted by molar-refractivity contribution is -0.117. The van der Waals surface area contributed by atoms with Crippen LogP contribution < -0.4 is 10.9 Å². The molecule has 0 spiro atoms. The van der Waals surface area contributed by atoms with E-state index >= 15 is 0 Å². The molecule has 1 fully saturated rings. The molecule has 0 bridgehead atoms. The number of benzene rings is 3. The van der Waals surface area contributed by atoms with Gasteiger partial charge in [-0.15, -0.1) is 0 Å². The topological polar surface area (TPSA) is 62.5 Å². The molecule has 2 heterocycles. The molecule has 1 N–H and O–H groups in total. The van der Waals surface area contributed by atoms with Gasteiger partial charge in [0.1, 0.15) is 5.69 Å². The summed E-state index contributed by atoms with van der Waals surface area (Å²) in [6.07, 6.45) is 0. The van der Waals surface area contributed by atoms with Crippen molar-refractivity contribution in [2.24, 2.45) is 7.05 Å². The third kappa shape index (κ3) is 4.10. The summed E-state index contributed by atoms with van der Waals surface area (Å²) < 4.78 is 3.37. The van der Waals surface area contributed by atoms with Gasteiger partial charge in [0, 0.05) is 33.2 Å². The van der Waals surface area contributed by atoms with E-state index in [0.29, 0.717) is 5.69 Å². The number of piperazine rings is 1. The van der Waals surface area contributed by atoms with E-state index in [4.69, 9.17) is 0 Å². The Labute approximate surface area is 216 Å². The average Bonchev–Trinajstić information content (AvgIpc) is 3.36. The normalized spacial score (nSPS) is 15.9. The first kappa shape index (κ1) is 23.5. The molecule has 0 unspecified atom stereocenters. The zero-order valence-electron chi connectivity index (χ0n) is 21.2. The first-order valence-electron chi connectivity index (χ1n) is 12.8. The summed E-state index contributed by atoms with van der Waals surface area (Å²) in [4.78, 5) is 30.8. The van der Waals surface area contributed by atoms with Crippen LogP contribution in [0.2, 0.25) is 0 Å². The van der Waals surface area contributed by atoms with Crippen molar-refractivity contribution >= 4 is 11.6 Å². The van der Waals surface area contributed by atoms with E-state index in [1.165, 1.54) is 22.3 Å². The maximum atomic E-state index is 13.1. The minimum absolute atomic E-state index is 0.156. The van der Waals surface area contributed by atoms with Crippen LogP contribution in [0.15, 0.2) is 83.7 Å². The summed E-state index contributed by atoms with van der Waals surface area (Å²) in [5.41, 5.74) is 6.99. The molecular formula is C30H31N5O2. The highest BCUT2D eigenvalue weighted by atomic mass is 16.2. The number of anilines is 1. The average molecular weight is 494 g/mol. The van der Waals surface area contributed by atoms with Crippen molar-refractivity contribution in [3.63, 3.8) is 0 Å². The standard InChI is InChI=1S/C30H31N5O2/c1-21-28(30(37)35(32(21)2)22-10-4-3-5-11-22)31-27(36)20-33-16-18-34(19-17-33)29-25-14-8-6-12-23(25)24-13-7-9-15-26(24)29/h3-15,29H,16-20H2,1-2H3,(H,31,36). The minimum Gasteiger partial charge on any atom is -0.319 e. The number of para-hydroxylation sites is 1. The Hall–Kier alpha value is -3.94. The molecule has 37 heavy (non-hydrogen) atoms. The molecule has 7 nitrogen and oxygen atoms in total. The molecule has 7 heteroatoms. The van der Waals surface area contributed by atoms with Crippen LogP contribution in [0.3, 0.4) is 0 Å². The van der Waals surface area contributed by atoms with E-state index in [2.05, 4.69) is 63.6 Å². The van der Waals surface area contributed by atoms with Crippen molar-refractivity contribution in [2.75, 3.05) is 38.0 Å². The number of hydrogen-bond acceptors (Lipinski definition) is 4. The van der Waals surface area contributed by atoms with Gasteiger partial charge in [0.15, 0.2) is 0 Å². The molecule has 2 aliphatic rings. The first-order chi connectivity index (χ1) is 18.0. The minimum atomic E-state index is -0.220. The van der Waals surface area contributed by atoms with Crippen molar-refractivity contribution in [2.45, 2.75) is 13.0 Å². The molecule has 1 aromatic heterocycles. The Kier molecular flexibility index (Phi) is 6.02. The molecule has 188 valence electrons. The van der Waals surface area contributed by atoms with Gasteiger partial charge >= 0.3 is 0 Å². The Balaban J connectivity index is 1.13. The van der Waals surface area contributed by atoms with E-state index in [1.807, 2.05) is 44.3 Å². The van der Waals surface area contributed by atoms with Crippen LogP contribution in [-0.2, 0) is 11.8 Å². The molecule has 0 atom stereocenters. The predicted molar refractivity (Wildman–Crippen MR) is 146 cm³/mol. The number of amides is 1. The fourth-order valence-electron chi connectivity index (χ4n) is 5.80. The van der Waals surface area contributed by atoms with Crippen LogP contribution in [0.25, 0.3) is 16.8 Å². The predicted octanol–water partition coefficient (Wildman–Crippen LogP) is 3.81. The summed E-state index contributed by atoms with van der Waals surface area (Å²) in [5.74, 6) is -0.156. The summed E-state index contributed by atoms with van der Waals surface area (Å²) in [6, 6.07) is 27.1. The van der Waals surface area contributed by atoms with Gasteiger partial charge in [-0.25, -0.2) is 4.68 Å². The van der Waals surface area contributed by atoms with E-state index in [-0.39, 0.29) is 24.1 Å². The number of nitrogens with zero attached hydrogens (tertiary/aromatic N) is 4. The smallest absolute Gasteiger partial charge is 0.295 e. The Morgan fingerprint density at radius 2 is 1.41 bits per heavy atom. The molecule has 0 saturated carbocycles. The second-order valence-electron chi connectivity index (χ2n) is 9.87. The van der Waals surface area contributed by atoms with Crippen LogP contribution in [0, 0.1) is 6.92 Å². The van der Waals surface area contributed by atoms with Gasteiger partial charge in [-0.05, 0) is 41.3 Å². The second-order valence-corrected chi connectivity index (χ2v) is 9.87. The maximum absolute atomic E-state index is 13.1. The third-order valence-electron chi connectivity index (χ3n) is 7.76. The van der Waals surface area contributed by atoms with Gasteiger partial charge in [-0.2, -0.15) is 0 Å². The van der Waals surface area contributed by atoms with Gasteiger partial charge < -0.3 is 5.32 Å². The van der Waals surface area contributed by atoms with Crippen LogP contribution in [-0.4, -0.2) is 57.8 Å². The van der Waals surface area contributed by atoms with Crippen molar-refractivity contribution in [3.05, 3.63) is 106 Å². The number of carbonyl (C=O) groups is 1. The van der Waals surface area contributed by atoms with Gasteiger partial charge in [-0.3, -0.25) is 24.1 Å². The molecule has 1 saturated heterocycles. The summed E-state index contributed by atoms with van der Waals surface area (Å²) in [6.45, 7) is 5.49. The fourth-order valence-corrected chi connectivity index (χ4v) is 5.80. The molecular weight excluding hydrogens is 462 g/mol. The van der Waals surface area contributed by atoms with Crippen molar-refractivity contribution in [3.8, 4) is 16.8 Å². The molecule has 1 aliphatic carbocycles. The highest BCUT2D eigenvalue weighted by molar-refractivity contribution is 5.92. The van der Waals surface area contributed by atoms with Gasteiger partial charge in [0.25, 0.3) is 5.56 Å². The molecule has 6 rings (SSSR count). The lowest BCUT2D eigenvalue weighted by atomic mass is 10.0. The Bertz CT molecular complexity index is 1470. The summed E-state index contributed by atoms with van der Waals surface area (Å²) >= 11 is 0. The monoisotopic (exact) mass is 493 g/mol. The van der Waals surface area contributed by atoms with Gasteiger partial charge in [0.2, 0.25) is 5.91 Å². The van der Waals surface area contributed by atoms with Crippen LogP contribution in [0.5, 0.6) is 0 Å². The van der Waals surface area contributed by atoms with E-state index in [9.17, 15) is 9.59 Å². The number of rotatable bonds is 5. The number of fused-ring (bicyclic) bond motifs is 3. The van der Waals surface area contributed by atoms with Crippen LogP contribution in [0.1, 0.15) is 22.9 Å². The molecule has 0 radical (unpaired) electrons. The third-order valence-corrected chi connectivity index (χ3v) is 7.76. The largest absolute Gasteiger partial charge is 0.319 e. The Morgan fingerprint density at radius 1 is 0.838 bits per heavy atom. The molecule has 1 aliphatic heterocycles. The zero-order valence-corrected chi connectivity index (χ0v) is 21.2. The van der Waals surface area contributed by atoms with E-state index in [0.717, 1.165) is 37.6 Å². The van der Waals surface area contributed by atoms with Crippen molar-refractivity contribution < 1.29 is 4.79 Å². The highest BCUT2D eigenvalue weighted by Crippen LogP contribution is 2.46. The highest BCUT2D eigenvalue weighted by Gasteiger charge is 2.34. The SMILES string of the molecule is Cc1c(NC(=O)CN2CCN(C3c4ccccc4-c4ccccc43)CC2)c(=O)n(-c2ccccc2)n1C. The number of carbonyl (C=O) groups excluding carboxylic acids is 1. The molecule has 3 aromatic carbocycles. The van der Waals surface area contributed by atoms with E-state index in [1.54, 1.807) is 9.36 Å². The van der Waals surface area contributed by atoms with Crippen molar-refractivity contribution in [1.29, 1.82) is 0 Å². The maximum Gasteiger partial charge on any atom is 0.295 e. The lowest BCUT2D eigenvalue weighted by Crippen LogP contribution is -2.49. The zero-order chi connectivity index (χ0) is 25.5. The summed E-state index contributed by atoms with van der Waals surface area (Å²) in [7, 11) is 1.83. The Morgan fingerprint density at radius 3 is 2.03 bits per heavy atom. The molecule has 4 aromatic rings. The second kappa shape index (κ2) is 9.50. The van der Waals surface area contributed by atoms with Crippen LogP contribution >= 0.6 is 0 Å². The lowest BCUT2D eigenvalue weighted by Gasteiger charge is -2.38. The summed E-state index contributed by atoms with van der Waals surface area (Å²) in [5, 5.41) is 2.90. The van der Waals surface area contributed by atoms with Gasteiger partial charge in [-0.1, -0.05) is 66.7 Å². The van der Waals surface area contributed by atoms with E-state index < -0.39 is 0 Å². The number of nitrogens with one attached hydrogen (secondary N) is 1. The quantitative estimate of drug-likeness (QED) is 0.459.